The highest BCUT2D eigenvalue weighted by Crippen LogP contribution is 2.33. The Morgan fingerprint density at radius 3 is 2.67 bits per heavy atom. The Bertz CT molecular complexity index is 347. The molecule has 3 atom stereocenters. The number of ether oxygens (including phenoxy) is 1. The van der Waals surface area contributed by atoms with E-state index in [0.29, 0.717) is 0 Å². The molecule has 1 aromatic carbocycles. The fourth-order valence-corrected chi connectivity index (χ4v) is 1.87. The molecule has 1 aliphatic rings. The van der Waals surface area contributed by atoms with Crippen molar-refractivity contribution in [2.75, 3.05) is 0 Å². The molecule has 0 amide bonds. The molecule has 0 aromatic heterocycles. The highest BCUT2D eigenvalue weighted by Gasteiger charge is 2.35. The molecule has 0 unspecified atom stereocenters. The van der Waals surface area contributed by atoms with Crippen molar-refractivity contribution in [3.63, 3.8) is 0 Å². The van der Waals surface area contributed by atoms with Gasteiger partial charge in [0.25, 0.3) is 0 Å². The fraction of sp³-hybridized carbons (Fsp3) is 0.417. The lowest BCUT2D eigenvalue weighted by Crippen LogP contribution is -2.35. The second-order valence-electron chi connectivity index (χ2n) is 3.95. The van der Waals surface area contributed by atoms with E-state index >= 15 is 0 Å². The average molecular weight is 206 g/mol. The van der Waals surface area contributed by atoms with Gasteiger partial charge in [0.05, 0.1) is 12.5 Å². The number of hydrogen-bond acceptors (Lipinski definition) is 3. The van der Waals surface area contributed by atoms with E-state index in [4.69, 9.17) is 4.74 Å². The third kappa shape index (κ3) is 2.02. The quantitative estimate of drug-likeness (QED) is 0.711. The van der Waals surface area contributed by atoms with Crippen LogP contribution in [0.5, 0.6) is 0 Å². The Morgan fingerprint density at radius 2 is 2.00 bits per heavy atom. The van der Waals surface area contributed by atoms with Crippen molar-refractivity contribution in [2.45, 2.75) is 25.6 Å². The Morgan fingerprint density at radius 1 is 1.33 bits per heavy atom. The number of carbonyl (C=O) groups is 1. The van der Waals surface area contributed by atoms with Crippen molar-refractivity contribution in [3.8, 4) is 0 Å². The number of esters is 1. The number of benzene rings is 1. The Hall–Kier alpha value is -1.35. The summed E-state index contributed by atoms with van der Waals surface area (Å²) in [6.45, 7) is 1.90. The van der Waals surface area contributed by atoms with Crippen LogP contribution < -0.4 is 0 Å². The van der Waals surface area contributed by atoms with Crippen molar-refractivity contribution in [2.24, 2.45) is 5.92 Å². The van der Waals surface area contributed by atoms with Gasteiger partial charge in [-0.3, -0.25) is 4.79 Å². The van der Waals surface area contributed by atoms with Gasteiger partial charge >= 0.3 is 5.97 Å². The Kier molecular flexibility index (Phi) is 2.73. The summed E-state index contributed by atoms with van der Waals surface area (Å²) in [5.74, 6) is -0.375. The smallest absolute Gasteiger partial charge is 0.309 e. The SMILES string of the molecule is C[C@@H]1[C@H](O)CC(=O)O[C@@H]1c1ccccc1. The fourth-order valence-electron chi connectivity index (χ4n) is 1.87. The van der Waals surface area contributed by atoms with E-state index in [1.54, 1.807) is 0 Å². The molecule has 0 spiro atoms. The minimum atomic E-state index is -0.601. The van der Waals surface area contributed by atoms with Crippen LogP contribution in [-0.4, -0.2) is 17.2 Å². The van der Waals surface area contributed by atoms with Crippen LogP contribution in [0.15, 0.2) is 30.3 Å². The molecule has 1 aromatic rings. The van der Waals surface area contributed by atoms with Crippen LogP contribution in [0.25, 0.3) is 0 Å². The van der Waals surface area contributed by atoms with Crippen molar-refractivity contribution >= 4 is 5.97 Å². The maximum absolute atomic E-state index is 11.2. The van der Waals surface area contributed by atoms with Crippen LogP contribution in [-0.2, 0) is 9.53 Å². The predicted molar refractivity (Wildman–Crippen MR) is 55.1 cm³/mol. The first-order valence-electron chi connectivity index (χ1n) is 5.11. The van der Waals surface area contributed by atoms with Gasteiger partial charge in [0, 0.05) is 5.92 Å². The van der Waals surface area contributed by atoms with Gasteiger partial charge in [0.15, 0.2) is 0 Å². The molecule has 0 bridgehead atoms. The molecule has 2 rings (SSSR count). The minimum absolute atomic E-state index is 0.0508. The normalized spacial score (nSPS) is 31.1. The number of rotatable bonds is 1. The van der Waals surface area contributed by atoms with Crippen molar-refractivity contribution in [3.05, 3.63) is 35.9 Å². The molecule has 1 aliphatic heterocycles. The molecule has 1 N–H and O–H groups in total. The van der Waals surface area contributed by atoms with E-state index in [-0.39, 0.29) is 24.4 Å². The van der Waals surface area contributed by atoms with E-state index in [9.17, 15) is 9.90 Å². The second-order valence-corrected chi connectivity index (χ2v) is 3.95. The van der Waals surface area contributed by atoms with Crippen LogP contribution in [0.3, 0.4) is 0 Å². The molecule has 1 fully saturated rings. The van der Waals surface area contributed by atoms with Crippen LogP contribution >= 0.6 is 0 Å². The van der Waals surface area contributed by atoms with Crippen molar-refractivity contribution in [1.82, 2.24) is 0 Å². The van der Waals surface area contributed by atoms with Crippen LogP contribution in [0.2, 0.25) is 0 Å². The highest BCUT2D eigenvalue weighted by atomic mass is 16.5. The monoisotopic (exact) mass is 206 g/mol. The van der Waals surface area contributed by atoms with Crippen LogP contribution in [0.4, 0.5) is 0 Å². The summed E-state index contributed by atoms with van der Waals surface area (Å²) in [4.78, 5) is 11.2. The first-order valence-corrected chi connectivity index (χ1v) is 5.11. The zero-order valence-electron chi connectivity index (χ0n) is 8.59. The van der Waals surface area contributed by atoms with Gasteiger partial charge in [-0.2, -0.15) is 0 Å². The number of aliphatic hydroxyl groups excluding tert-OH is 1. The van der Waals surface area contributed by atoms with Gasteiger partial charge < -0.3 is 9.84 Å². The first-order chi connectivity index (χ1) is 7.18. The summed E-state index contributed by atoms with van der Waals surface area (Å²) in [6, 6.07) is 9.53. The molecule has 0 saturated carbocycles. The number of aliphatic hydroxyl groups is 1. The number of hydrogen-bond donors (Lipinski definition) is 1. The van der Waals surface area contributed by atoms with Crippen molar-refractivity contribution < 1.29 is 14.6 Å². The number of carbonyl (C=O) groups excluding carboxylic acids is 1. The topological polar surface area (TPSA) is 46.5 Å². The third-order valence-electron chi connectivity index (χ3n) is 2.85. The first kappa shape index (κ1) is 10.2. The molecule has 3 nitrogen and oxygen atoms in total. The molecule has 3 heteroatoms. The van der Waals surface area contributed by atoms with E-state index in [1.807, 2.05) is 37.3 Å². The lowest BCUT2D eigenvalue weighted by atomic mass is 9.89. The van der Waals surface area contributed by atoms with Gasteiger partial charge in [0.1, 0.15) is 6.10 Å². The molecule has 1 saturated heterocycles. The summed E-state index contributed by atoms with van der Waals surface area (Å²) in [5, 5.41) is 9.68. The van der Waals surface area contributed by atoms with Crippen LogP contribution in [0, 0.1) is 5.92 Å². The summed E-state index contributed by atoms with van der Waals surface area (Å²) in [6.07, 6.45) is -0.816. The molecular formula is C12H14O3. The van der Waals surface area contributed by atoms with E-state index < -0.39 is 6.10 Å². The maximum atomic E-state index is 11.2. The molecule has 80 valence electrons. The predicted octanol–water partition coefficient (Wildman–Crippen LogP) is 1.67. The van der Waals surface area contributed by atoms with E-state index in [0.717, 1.165) is 5.56 Å². The average Bonchev–Trinajstić information content (AvgIpc) is 2.24. The van der Waals surface area contributed by atoms with Crippen molar-refractivity contribution in [1.29, 1.82) is 0 Å². The van der Waals surface area contributed by atoms with Gasteiger partial charge in [0.2, 0.25) is 0 Å². The summed E-state index contributed by atoms with van der Waals surface area (Å²) in [7, 11) is 0. The molecule has 0 aliphatic carbocycles. The van der Waals surface area contributed by atoms with E-state index in [1.165, 1.54) is 0 Å². The van der Waals surface area contributed by atoms with Crippen LogP contribution in [0.1, 0.15) is 25.0 Å². The lowest BCUT2D eigenvalue weighted by molar-refractivity contribution is -0.167. The molecular weight excluding hydrogens is 192 g/mol. The zero-order chi connectivity index (χ0) is 10.8. The summed E-state index contributed by atoms with van der Waals surface area (Å²) < 4.78 is 5.26. The summed E-state index contributed by atoms with van der Waals surface area (Å²) in [5.41, 5.74) is 0.942. The zero-order valence-corrected chi connectivity index (χ0v) is 8.59. The van der Waals surface area contributed by atoms with E-state index in [2.05, 4.69) is 0 Å². The maximum Gasteiger partial charge on any atom is 0.309 e. The second kappa shape index (κ2) is 4.03. The largest absolute Gasteiger partial charge is 0.457 e. The Labute approximate surface area is 88.7 Å². The Balaban J connectivity index is 2.24. The number of cyclic esters (lactones) is 1. The van der Waals surface area contributed by atoms with Gasteiger partial charge in [-0.1, -0.05) is 37.3 Å². The molecule has 1 heterocycles. The standard InChI is InChI=1S/C12H14O3/c1-8-10(13)7-11(14)15-12(8)9-5-3-2-4-6-9/h2-6,8,10,12-13H,7H2,1H3/t8-,10-,12+/m1/s1. The minimum Gasteiger partial charge on any atom is -0.457 e. The highest BCUT2D eigenvalue weighted by molar-refractivity contribution is 5.71. The molecule has 0 radical (unpaired) electrons. The van der Waals surface area contributed by atoms with Gasteiger partial charge in [-0.25, -0.2) is 0 Å². The van der Waals surface area contributed by atoms with Gasteiger partial charge in [-0.15, -0.1) is 0 Å². The third-order valence-corrected chi connectivity index (χ3v) is 2.85. The molecule has 15 heavy (non-hydrogen) atoms. The van der Waals surface area contributed by atoms with Gasteiger partial charge in [-0.05, 0) is 5.56 Å². The summed E-state index contributed by atoms with van der Waals surface area (Å²) >= 11 is 0. The lowest BCUT2D eigenvalue weighted by Gasteiger charge is -2.32.